The topological polar surface area (TPSA) is 55.1 Å². The van der Waals surface area contributed by atoms with Gasteiger partial charge in [-0.25, -0.2) is 9.97 Å². The van der Waals surface area contributed by atoms with Gasteiger partial charge in [0.1, 0.15) is 0 Å². The molecule has 4 aromatic rings. The quantitative estimate of drug-likeness (QED) is 0.493. The summed E-state index contributed by atoms with van der Waals surface area (Å²) in [6.45, 7) is 3.93. The van der Waals surface area contributed by atoms with E-state index in [1.165, 1.54) is 5.56 Å². The molecule has 0 spiro atoms. The fraction of sp³-hybridized carbons (Fsp3) is 0.292. The van der Waals surface area contributed by atoms with Crippen LogP contribution in [0.4, 0.5) is 5.95 Å². The Labute approximate surface area is 170 Å². The molecule has 5 rings (SSSR count). The van der Waals surface area contributed by atoms with Crippen molar-refractivity contribution in [3.63, 3.8) is 0 Å². The minimum atomic E-state index is 0.567. The molecule has 0 atom stereocenters. The molecule has 0 bridgehead atoms. The van der Waals surface area contributed by atoms with E-state index in [1.807, 2.05) is 37.3 Å². The molecule has 3 heterocycles. The Bertz CT molecular complexity index is 1100. The van der Waals surface area contributed by atoms with Gasteiger partial charge in [-0.3, -0.25) is 0 Å². The van der Waals surface area contributed by atoms with Gasteiger partial charge in [-0.15, -0.1) is 0 Å². The predicted molar refractivity (Wildman–Crippen MR) is 115 cm³/mol. The Kier molecular flexibility index (Phi) is 4.72. The third-order valence-electron chi connectivity index (χ3n) is 5.71. The summed E-state index contributed by atoms with van der Waals surface area (Å²) in [4.78, 5) is 16.3. The highest BCUT2D eigenvalue weighted by molar-refractivity contribution is 5.76. The molecule has 1 fully saturated rings. The molecule has 29 heavy (non-hydrogen) atoms. The van der Waals surface area contributed by atoms with Crippen LogP contribution in [-0.4, -0.2) is 28.0 Å². The molecule has 5 heteroatoms. The SMILES string of the molecule is Cc1nc(N2CCC(Cc3ccccc3)CC2)nc2oc(-c3ccccc3)nc12. The highest BCUT2D eigenvalue weighted by Crippen LogP contribution is 2.28. The van der Waals surface area contributed by atoms with Crippen molar-refractivity contribution < 1.29 is 4.42 Å². The van der Waals surface area contributed by atoms with Gasteiger partial charge in [0.2, 0.25) is 11.8 Å². The zero-order valence-electron chi connectivity index (χ0n) is 16.6. The first-order valence-electron chi connectivity index (χ1n) is 10.3. The van der Waals surface area contributed by atoms with Gasteiger partial charge in [0.25, 0.3) is 5.71 Å². The minimum Gasteiger partial charge on any atom is -0.417 e. The number of fused-ring (bicyclic) bond motifs is 1. The largest absolute Gasteiger partial charge is 0.417 e. The van der Waals surface area contributed by atoms with Crippen LogP contribution in [0, 0.1) is 12.8 Å². The second kappa shape index (κ2) is 7.66. The number of aryl methyl sites for hydroxylation is 1. The average Bonchev–Trinajstić information content (AvgIpc) is 3.21. The lowest BCUT2D eigenvalue weighted by atomic mass is 9.90. The summed E-state index contributed by atoms with van der Waals surface area (Å²) in [5.41, 5.74) is 4.55. The number of hydrogen-bond acceptors (Lipinski definition) is 5. The smallest absolute Gasteiger partial charge is 0.252 e. The summed E-state index contributed by atoms with van der Waals surface area (Å²) in [6.07, 6.45) is 3.46. The van der Waals surface area contributed by atoms with Gasteiger partial charge in [0.05, 0.1) is 5.69 Å². The first-order chi connectivity index (χ1) is 14.3. The van der Waals surface area contributed by atoms with Crippen LogP contribution in [0.3, 0.4) is 0 Å². The normalized spacial score (nSPS) is 15.1. The molecule has 1 aliphatic heterocycles. The van der Waals surface area contributed by atoms with Gasteiger partial charge in [-0.1, -0.05) is 48.5 Å². The Balaban J connectivity index is 1.33. The van der Waals surface area contributed by atoms with Gasteiger partial charge in [-0.05, 0) is 49.8 Å². The number of nitrogens with zero attached hydrogens (tertiary/aromatic N) is 4. The fourth-order valence-electron chi connectivity index (χ4n) is 4.07. The van der Waals surface area contributed by atoms with Crippen molar-refractivity contribution in [1.82, 2.24) is 15.0 Å². The number of benzene rings is 2. The second-order valence-corrected chi connectivity index (χ2v) is 7.77. The van der Waals surface area contributed by atoms with E-state index in [-0.39, 0.29) is 0 Å². The zero-order chi connectivity index (χ0) is 19.6. The number of hydrogen-bond donors (Lipinski definition) is 0. The monoisotopic (exact) mass is 384 g/mol. The summed E-state index contributed by atoms with van der Waals surface area (Å²) in [6, 6.07) is 20.7. The fourth-order valence-corrected chi connectivity index (χ4v) is 4.07. The molecule has 0 saturated carbocycles. The molecule has 0 radical (unpaired) electrons. The maximum atomic E-state index is 5.98. The van der Waals surface area contributed by atoms with E-state index >= 15 is 0 Å². The molecule has 146 valence electrons. The van der Waals surface area contributed by atoms with Gasteiger partial charge in [-0.2, -0.15) is 4.98 Å². The lowest BCUT2D eigenvalue weighted by Gasteiger charge is -2.32. The van der Waals surface area contributed by atoms with Crippen LogP contribution in [0.1, 0.15) is 24.1 Å². The Morgan fingerprint density at radius 2 is 1.59 bits per heavy atom. The van der Waals surface area contributed by atoms with Gasteiger partial charge in [0, 0.05) is 18.7 Å². The van der Waals surface area contributed by atoms with E-state index in [4.69, 9.17) is 14.4 Å². The van der Waals surface area contributed by atoms with Gasteiger partial charge in [0.15, 0.2) is 5.52 Å². The van der Waals surface area contributed by atoms with E-state index in [2.05, 4.69) is 40.2 Å². The van der Waals surface area contributed by atoms with Crippen LogP contribution < -0.4 is 4.90 Å². The van der Waals surface area contributed by atoms with Crippen LogP contribution in [0.15, 0.2) is 65.1 Å². The van der Waals surface area contributed by atoms with Gasteiger partial charge < -0.3 is 9.32 Å². The van der Waals surface area contributed by atoms with Gasteiger partial charge >= 0.3 is 0 Å². The van der Waals surface area contributed by atoms with Crippen LogP contribution >= 0.6 is 0 Å². The molecule has 0 unspecified atom stereocenters. The number of piperidine rings is 1. The first-order valence-corrected chi connectivity index (χ1v) is 10.3. The summed E-state index contributed by atoms with van der Waals surface area (Å²) < 4.78 is 5.98. The summed E-state index contributed by atoms with van der Waals surface area (Å²) in [7, 11) is 0. The van der Waals surface area contributed by atoms with Crippen molar-refractivity contribution in [3.8, 4) is 11.5 Å². The van der Waals surface area contributed by atoms with E-state index in [1.54, 1.807) is 0 Å². The minimum absolute atomic E-state index is 0.567. The van der Waals surface area contributed by atoms with Crippen molar-refractivity contribution in [2.45, 2.75) is 26.2 Å². The molecule has 1 saturated heterocycles. The van der Waals surface area contributed by atoms with Crippen LogP contribution in [0.2, 0.25) is 0 Å². The van der Waals surface area contributed by atoms with E-state index in [0.717, 1.165) is 55.1 Å². The summed E-state index contributed by atoms with van der Waals surface area (Å²) >= 11 is 0. The molecule has 1 aliphatic rings. The van der Waals surface area contributed by atoms with E-state index in [0.29, 0.717) is 17.5 Å². The van der Waals surface area contributed by atoms with Crippen molar-refractivity contribution in [2.75, 3.05) is 18.0 Å². The van der Waals surface area contributed by atoms with Crippen LogP contribution in [-0.2, 0) is 6.42 Å². The second-order valence-electron chi connectivity index (χ2n) is 7.77. The molecule has 2 aromatic carbocycles. The molecule has 0 N–H and O–H groups in total. The number of rotatable bonds is 4. The Morgan fingerprint density at radius 1 is 0.897 bits per heavy atom. The van der Waals surface area contributed by atoms with Crippen molar-refractivity contribution >= 4 is 17.2 Å². The Morgan fingerprint density at radius 3 is 2.31 bits per heavy atom. The van der Waals surface area contributed by atoms with Crippen LogP contribution in [0.5, 0.6) is 0 Å². The first kappa shape index (κ1) is 17.9. The standard InChI is InChI=1S/C24H24N4O/c1-17-21-23(29-22(26-21)20-10-6-3-7-11-20)27-24(25-17)28-14-12-19(13-15-28)16-18-8-4-2-5-9-18/h2-11,19H,12-16H2,1H3. The van der Waals surface area contributed by atoms with Crippen molar-refractivity contribution in [3.05, 3.63) is 71.9 Å². The summed E-state index contributed by atoms with van der Waals surface area (Å²) in [5.74, 6) is 2.06. The molecule has 5 nitrogen and oxygen atoms in total. The number of oxazole rings is 1. The summed E-state index contributed by atoms with van der Waals surface area (Å²) in [5, 5.41) is 0. The number of anilines is 1. The predicted octanol–water partition coefficient (Wildman–Crippen LogP) is 5.05. The highest BCUT2D eigenvalue weighted by Gasteiger charge is 2.23. The lowest BCUT2D eigenvalue weighted by Crippen LogP contribution is -2.35. The number of aromatic nitrogens is 3. The maximum Gasteiger partial charge on any atom is 0.252 e. The third-order valence-corrected chi connectivity index (χ3v) is 5.71. The Hall–Kier alpha value is -3.21. The van der Waals surface area contributed by atoms with Crippen LogP contribution in [0.25, 0.3) is 22.7 Å². The van der Waals surface area contributed by atoms with Crippen molar-refractivity contribution in [2.24, 2.45) is 5.92 Å². The van der Waals surface area contributed by atoms with Crippen molar-refractivity contribution in [1.29, 1.82) is 0 Å². The average molecular weight is 384 g/mol. The maximum absolute atomic E-state index is 5.98. The highest BCUT2D eigenvalue weighted by atomic mass is 16.4. The third kappa shape index (κ3) is 3.73. The molecule has 0 aliphatic carbocycles. The van der Waals surface area contributed by atoms with E-state index in [9.17, 15) is 0 Å². The molecule has 2 aromatic heterocycles. The lowest BCUT2D eigenvalue weighted by molar-refractivity contribution is 0.400. The zero-order valence-corrected chi connectivity index (χ0v) is 16.6. The molecular weight excluding hydrogens is 360 g/mol. The molecular formula is C24H24N4O. The molecule has 0 amide bonds. The van der Waals surface area contributed by atoms with E-state index < -0.39 is 0 Å².